The molecule has 0 rings (SSSR count). The maximum absolute atomic E-state index is 12.8. The van der Waals surface area contributed by atoms with Crippen LogP contribution in [0.25, 0.3) is 0 Å². The van der Waals surface area contributed by atoms with Crippen LogP contribution in [0, 0.1) is 0 Å². The van der Waals surface area contributed by atoms with Crippen molar-refractivity contribution in [1.82, 2.24) is 0 Å². The van der Waals surface area contributed by atoms with E-state index in [9.17, 15) is 19.0 Å². The Hall–Kier alpha value is -1.51. The van der Waals surface area contributed by atoms with Gasteiger partial charge in [-0.1, -0.05) is 314 Å². The van der Waals surface area contributed by atoms with Crippen molar-refractivity contribution in [3.05, 3.63) is 24.3 Å². The summed E-state index contributed by atoms with van der Waals surface area (Å²) in [5.74, 6) is -0.819. The number of carbonyl (C=O) groups is 2. The Morgan fingerprint density at radius 2 is 0.692 bits per heavy atom. The van der Waals surface area contributed by atoms with E-state index in [0.717, 1.165) is 51.4 Å². The first kappa shape index (κ1) is 76.5. The van der Waals surface area contributed by atoms with Crippen molar-refractivity contribution in [1.29, 1.82) is 0 Å². The van der Waals surface area contributed by atoms with Gasteiger partial charge < -0.3 is 27.9 Å². The SMILES string of the molecule is CCCCCCC/C=C\C/C=C\CCCCCCCCCCCC(=O)OC(COC(=O)CCCCCCCCCCCCCCCCCCCCCCCCCCCCCCCCCCC)COP(=O)([O-])OCC[N+](C)(C)C. The summed E-state index contributed by atoms with van der Waals surface area (Å²) in [6, 6.07) is 0. The fourth-order valence-corrected chi connectivity index (χ4v) is 10.9. The first-order valence-electron chi connectivity index (χ1n) is 34.0. The molecular weight excluding hydrogens is 990 g/mol. The molecule has 0 N–H and O–H groups in total. The molecule has 0 radical (unpaired) electrons. The Morgan fingerprint density at radius 1 is 0.397 bits per heavy atom. The highest BCUT2D eigenvalue weighted by Crippen LogP contribution is 2.38. The van der Waals surface area contributed by atoms with Crippen LogP contribution in [0.4, 0.5) is 0 Å². The lowest BCUT2D eigenvalue weighted by Gasteiger charge is -2.28. The number of phosphoric ester groups is 1. The van der Waals surface area contributed by atoms with Gasteiger partial charge in [0.2, 0.25) is 0 Å². The average molecular weight is 1120 g/mol. The second kappa shape index (κ2) is 60.1. The summed E-state index contributed by atoms with van der Waals surface area (Å²) in [7, 11) is 1.18. The maximum atomic E-state index is 12.8. The molecule has 0 aliphatic rings. The van der Waals surface area contributed by atoms with Gasteiger partial charge in [0.1, 0.15) is 19.8 Å². The topological polar surface area (TPSA) is 111 Å². The zero-order chi connectivity index (χ0) is 57.0. The van der Waals surface area contributed by atoms with E-state index in [4.69, 9.17) is 18.5 Å². The highest BCUT2D eigenvalue weighted by molar-refractivity contribution is 7.45. The zero-order valence-electron chi connectivity index (χ0n) is 52.6. The van der Waals surface area contributed by atoms with Gasteiger partial charge in [0, 0.05) is 12.8 Å². The molecule has 0 saturated heterocycles. The van der Waals surface area contributed by atoms with Crippen LogP contribution in [0.3, 0.4) is 0 Å². The lowest BCUT2D eigenvalue weighted by atomic mass is 10.0. The predicted molar refractivity (Wildman–Crippen MR) is 333 cm³/mol. The van der Waals surface area contributed by atoms with Gasteiger partial charge in [-0.15, -0.1) is 0 Å². The van der Waals surface area contributed by atoms with Crippen molar-refractivity contribution >= 4 is 19.8 Å². The van der Waals surface area contributed by atoms with Gasteiger partial charge in [0.25, 0.3) is 7.82 Å². The van der Waals surface area contributed by atoms with Crippen LogP contribution in [0.15, 0.2) is 24.3 Å². The van der Waals surface area contributed by atoms with Crippen LogP contribution < -0.4 is 4.89 Å². The van der Waals surface area contributed by atoms with Crippen molar-refractivity contribution < 1.29 is 42.1 Å². The van der Waals surface area contributed by atoms with Gasteiger partial charge in [-0.2, -0.15) is 0 Å². The van der Waals surface area contributed by atoms with Gasteiger partial charge in [-0.25, -0.2) is 0 Å². The summed E-state index contributed by atoms with van der Waals surface area (Å²) in [4.78, 5) is 38.0. The molecule has 2 unspecified atom stereocenters. The molecule has 0 amide bonds. The molecule has 9 nitrogen and oxygen atoms in total. The average Bonchev–Trinajstić information content (AvgIpc) is 3.41. The fraction of sp³-hybridized carbons (Fsp3) is 0.912. The maximum Gasteiger partial charge on any atom is 0.306 e. The first-order valence-corrected chi connectivity index (χ1v) is 35.5. The Balaban J connectivity index is 3.97. The minimum Gasteiger partial charge on any atom is -0.756 e. The number of allylic oxidation sites excluding steroid dienone is 4. The minimum absolute atomic E-state index is 0.0291. The molecule has 0 bridgehead atoms. The van der Waals surface area contributed by atoms with Crippen LogP contribution in [-0.2, 0) is 32.7 Å². The number of hydrogen-bond acceptors (Lipinski definition) is 8. The molecule has 0 spiro atoms. The Kier molecular flexibility index (Phi) is 58.9. The largest absolute Gasteiger partial charge is 0.756 e. The Labute approximate surface area is 485 Å². The summed E-state index contributed by atoms with van der Waals surface area (Å²) < 4.78 is 34.3. The summed E-state index contributed by atoms with van der Waals surface area (Å²) in [5, 5.41) is 0. The number of phosphoric acid groups is 1. The van der Waals surface area contributed by atoms with Gasteiger partial charge >= 0.3 is 11.9 Å². The van der Waals surface area contributed by atoms with Gasteiger partial charge in [-0.3, -0.25) is 14.2 Å². The molecule has 0 heterocycles. The van der Waals surface area contributed by atoms with Gasteiger partial charge in [-0.05, 0) is 44.9 Å². The van der Waals surface area contributed by atoms with E-state index < -0.39 is 26.5 Å². The summed E-state index contributed by atoms with van der Waals surface area (Å²) in [6.45, 7) is 4.29. The van der Waals surface area contributed by atoms with Crippen molar-refractivity contribution in [3.8, 4) is 0 Å². The monoisotopic (exact) mass is 1120 g/mol. The second-order valence-electron chi connectivity index (χ2n) is 24.6. The van der Waals surface area contributed by atoms with Gasteiger partial charge in [0.15, 0.2) is 6.10 Å². The van der Waals surface area contributed by atoms with Crippen molar-refractivity contribution in [2.75, 3.05) is 47.5 Å². The number of quaternary nitrogens is 1. The van der Waals surface area contributed by atoms with E-state index in [2.05, 4.69) is 38.2 Å². The number of rotatable bonds is 64. The standard InChI is InChI=1S/C68H132NO8P/c1-6-8-10-12-14-16-18-20-22-24-26-28-29-30-31-32-33-34-35-36-37-38-39-41-42-44-46-48-50-52-54-56-58-60-67(70)74-64-66(65-76-78(72,73)75-63-62-69(3,4)5)77-68(71)61-59-57-55-53-51-49-47-45-43-40-27-25-23-21-19-17-15-13-11-9-7-2/h19,21,25,27,66H,6-18,20,22-24,26,28-65H2,1-5H3/b21-19-,27-25-. The van der Waals surface area contributed by atoms with E-state index >= 15 is 0 Å². The third-order valence-corrected chi connectivity index (χ3v) is 16.4. The minimum atomic E-state index is -4.64. The molecule has 0 fully saturated rings. The van der Waals surface area contributed by atoms with E-state index in [0.29, 0.717) is 17.4 Å². The molecule has 2 atom stereocenters. The van der Waals surface area contributed by atoms with E-state index in [-0.39, 0.29) is 32.0 Å². The van der Waals surface area contributed by atoms with E-state index in [1.807, 2.05) is 21.1 Å². The zero-order valence-corrected chi connectivity index (χ0v) is 53.5. The Morgan fingerprint density at radius 3 is 1.01 bits per heavy atom. The third-order valence-electron chi connectivity index (χ3n) is 15.5. The van der Waals surface area contributed by atoms with Crippen molar-refractivity contribution in [3.63, 3.8) is 0 Å². The molecule has 0 aromatic heterocycles. The number of ether oxygens (including phenoxy) is 2. The van der Waals surface area contributed by atoms with Gasteiger partial charge in [0.05, 0.1) is 27.7 Å². The molecule has 0 aromatic rings. The lowest BCUT2D eigenvalue weighted by Crippen LogP contribution is -2.37. The van der Waals surface area contributed by atoms with Crippen molar-refractivity contribution in [2.24, 2.45) is 0 Å². The highest BCUT2D eigenvalue weighted by Gasteiger charge is 2.22. The highest BCUT2D eigenvalue weighted by atomic mass is 31.2. The van der Waals surface area contributed by atoms with Crippen molar-refractivity contribution in [2.45, 2.75) is 354 Å². The Bertz CT molecular complexity index is 1370. The lowest BCUT2D eigenvalue weighted by molar-refractivity contribution is -0.870. The smallest absolute Gasteiger partial charge is 0.306 e. The van der Waals surface area contributed by atoms with Crippen LogP contribution >= 0.6 is 7.82 Å². The fourth-order valence-electron chi connectivity index (χ4n) is 10.2. The van der Waals surface area contributed by atoms with Crippen LogP contribution in [0.2, 0.25) is 0 Å². The molecule has 0 aromatic carbocycles. The first-order chi connectivity index (χ1) is 38.0. The molecular formula is C68H132NO8P. The summed E-state index contributed by atoms with van der Waals surface area (Å²) in [5.41, 5.74) is 0. The molecule has 0 aliphatic carbocycles. The third kappa shape index (κ3) is 63.7. The van der Waals surface area contributed by atoms with Crippen LogP contribution in [0.1, 0.15) is 348 Å². The molecule has 0 saturated carbocycles. The molecule has 10 heteroatoms. The van der Waals surface area contributed by atoms with E-state index in [1.54, 1.807) is 0 Å². The summed E-state index contributed by atoms with van der Waals surface area (Å²) in [6.07, 6.45) is 74.1. The quantitative estimate of drug-likeness (QED) is 0.0195. The number of esters is 2. The van der Waals surface area contributed by atoms with E-state index in [1.165, 1.54) is 263 Å². The predicted octanol–water partition coefficient (Wildman–Crippen LogP) is 21.1. The number of nitrogens with zero attached hydrogens (tertiary/aromatic N) is 1. The molecule has 462 valence electrons. The second-order valence-corrected chi connectivity index (χ2v) is 26.0. The van der Waals surface area contributed by atoms with Crippen LogP contribution in [-0.4, -0.2) is 70.0 Å². The molecule has 0 aliphatic heterocycles. The summed E-state index contributed by atoms with van der Waals surface area (Å²) >= 11 is 0. The number of likely N-dealkylation sites (N-methyl/N-ethyl adjacent to an activating group) is 1. The van der Waals surface area contributed by atoms with Crippen LogP contribution in [0.5, 0.6) is 0 Å². The molecule has 78 heavy (non-hydrogen) atoms. The number of carbonyl (C=O) groups excluding carboxylic acids is 2. The number of hydrogen-bond donors (Lipinski definition) is 0. The number of unbranched alkanes of at least 4 members (excludes halogenated alkanes) is 46. The normalized spacial score (nSPS) is 13.3.